The number of nitrogens with one attached hydrogen (secondary N) is 1. The number of ether oxygens (including phenoxy) is 1. The molecule has 0 bridgehead atoms. The Bertz CT molecular complexity index is 496. The lowest BCUT2D eigenvalue weighted by atomic mass is 10.2. The third-order valence-electron chi connectivity index (χ3n) is 3.62. The van der Waals surface area contributed by atoms with E-state index in [9.17, 15) is 9.59 Å². The Hall–Kier alpha value is -2.02. The van der Waals surface area contributed by atoms with Crippen molar-refractivity contribution in [1.29, 1.82) is 0 Å². The zero-order valence-electron chi connectivity index (χ0n) is 14.8. The van der Waals surface area contributed by atoms with Gasteiger partial charge in [-0.2, -0.15) is 0 Å². The van der Waals surface area contributed by atoms with Crippen molar-refractivity contribution in [3.63, 3.8) is 0 Å². The number of rotatable bonds is 11. The van der Waals surface area contributed by atoms with E-state index in [1.54, 1.807) is 4.90 Å². The standard InChI is InChI=1S/C17H28N4O3/c1-4-14(3)20-16(22)7-11-21(10-6-12-24-5-2)17(23)15-13-18-8-9-19-15/h8-9,13-14H,4-7,10-12H2,1-3H3,(H,20,22)/t14-/m0/s1. The van der Waals surface area contributed by atoms with Crippen LogP contribution in [-0.4, -0.2) is 59.0 Å². The maximum atomic E-state index is 12.6. The summed E-state index contributed by atoms with van der Waals surface area (Å²) in [5.41, 5.74) is 0.288. The van der Waals surface area contributed by atoms with Gasteiger partial charge in [-0.15, -0.1) is 0 Å². The van der Waals surface area contributed by atoms with Gasteiger partial charge in [0.25, 0.3) is 5.91 Å². The van der Waals surface area contributed by atoms with Gasteiger partial charge in [-0.3, -0.25) is 14.6 Å². The molecular formula is C17H28N4O3. The van der Waals surface area contributed by atoms with Gasteiger partial charge in [0.2, 0.25) is 5.91 Å². The SMILES string of the molecule is CCOCCCN(CCC(=O)N[C@@H](C)CC)C(=O)c1cnccn1. The molecule has 0 aliphatic carbocycles. The van der Waals surface area contributed by atoms with Crippen molar-refractivity contribution in [2.24, 2.45) is 0 Å². The van der Waals surface area contributed by atoms with E-state index in [4.69, 9.17) is 4.74 Å². The number of nitrogens with zero attached hydrogens (tertiary/aromatic N) is 3. The van der Waals surface area contributed by atoms with Crippen LogP contribution < -0.4 is 5.32 Å². The average Bonchev–Trinajstić information content (AvgIpc) is 2.61. The molecule has 1 aromatic rings. The number of hydrogen-bond acceptors (Lipinski definition) is 5. The van der Waals surface area contributed by atoms with Crippen LogP contribution >= 0.6 is 0 Å². The van der Waals surface area contributed by atoms with Crippen LogP contribution in [0.5, 0.6) is 0 Å². The summed E-state index contributed by atoms with van der Waals surface area (Å²) < 4.78 is 5.32. The van der Waals surface area contributed by atoms with Crippen LogP contribution in [0.15, 0.2) is 18.6 Å². The van der Waals surface area contributed by atoms with Crippen LogP contribution in [0.1, 0.15) is 50.5 Å². The molecule has 1 N–H and O–H groups in total. The average molecular weight is 336 g/mol. The smallest absolute Gasteiger partial charge is 0.274 e. The van der Waals surface area contributed by atoms with Crippen molar-refractivity contribution in [2.75, 3.05) is 26.3 Å². The highest BCUT2D eigenvalue weighted by Crippen LogP contribution is 2.04. The molecule has 0 saturated carbocycles. The van der Waals surface area contributed by atoms with E-state index < -0.39 is 0 Å². The summed E-state index contributed by atoms with van der Waals surface area (Å²) in [6.07, 6.45) is 6.31. The second-order valence-electron chi connectivity index (χ2n) is 5.56. The van der Waals surface area contributed by atoms with Gasteiger partial charge >= 0.3 is 0 Å². The first kappa shape index (κ1) is 20.0. The van der Waals surface area contributed by atoms with Gasteiger partial charge in [0.15, 0.2) is 0 Å². The summed E-state index contributed by atoms with van der Waals surface area (Å²) >= 11 is 0. The van der Waals surface area contributed by atoms with Crippen LogP contribution in [-0.2, 0) is 9.53 Å². The Balaban J connectivity index is 2.60. The molecule has 0 aliphatic rings. The van der Waals surface area contributed by atoms with Gasteiger partial charge in [-0.05, 0) is 26.7 Å². The molecule has 1 aromatic heterocycles. The lowest BCUT2D eigenvalue weighted by Gasteiger charge is -2.22. The lowest BCUT2D eigenvalue weighted by Crippen LogP contribution is -2.38. The Labute approximate surface area is 143 Å². The minimum absolute atomic E-state index is 0.0499. The Morgan fingerprint density at radius 3 is 2.71 bits per heavy atom. The van der Waals surface area contributed by atoms with Gasteiger partial charge in [-0.25, -0.2) is 4.98 Å². The first-order chi connectivity index (χ1) is 11.6. The first-order valence-corrected chi connectivity index (χ1v) is 8.50. The molecule has 2 amide bonds. The summed E-state index contributed by atoms with van der Waals surface area (Å²) in [7, 11) is 0. The fourth-order valence-corrected chi connectivity index (χ4v) is 2.07. The molecule has 0 fully saturated rings. The van der Waals surface area contributed by atoms with E-state index in [0.717, 1.165) is 6.42 Å². The third-order valence-corrected chi connectivity index (χ3v) is 3.62. The van der Waals surface area contributed by atoms with Gasteiger partial charge in [0.1, 0.15) is 5.69 Å². The molecule has 134 valence electrons. The van der Waals surface area contributed by atoms with Gasteiger partial charge in [-0.1, -0.05) is 6.92 Å². The van der Waals surface area contributed by atoms with E-state index in [1.807, 2.05) is 20.8 Å². The molecule has 0 unspecified atom stereocenters. The van der Waals surface area contributed by atoms with E-state index in [0.29, 0.717) is 32.7 Å². The lowest BCUT2D eigenvalue weighted by molar-refractivity contribution is -0.121. The topological polar surface area (TPSA) is 84.4 Å². The summed E-state index contributed by atoms with van der Waals surface area (Å²) in [6.45, 7) is 8.01. The Morgan fingerprint density at radius 1 is 1.29 bits per heavy atom. The van der Waals surface area contributed by atoms with Crippen LogP contribution in [0.3, 0.4) is 0 Å². The largest absolute Gasteiger partial charge is 0.382 e. The Kier molecular flexibility index (Phi) is 9.60. The van der Waals surface area contributed by atoms with Gasteiger partial charge < -0.3 is 15.0 Å². The van der Waals surface area contributed by atoms with Crippen LogP contribution in [0.2, 0.25) is 0 Å². The quantitative estimate of drug-likeness (QED) is 0.621. The molecule has 0 aromatic carbocycles. The first-order valence-electron chi connectivity index (χ1n) is 8.50. The predicted molar refractivity (Wildman–Crippen MR) is 91.6 cm³/mol. The molecule has 7 nitrogen and oxygen atoms in total. The van der Waals surface area contributed by atoms with Crippen LogP contribution in [0.25, 0.3) is 0 Å². The molecule has 0 spiro atoms. The van der Waals surface area contributed by atoms with E-state index >= 15 is 0 Å². The second-order valence-corrected chi connectivity index (χ2v) is 5.56. The van der Waals surface area contributed by atoms with Crippen molar-refractivity contribution in [3.8, 4) is 0 Å². The number of amides is 2. The number of carbonyl (C=O) groups is 2. The number of carbonyl (C=O) groups excluding carboxylic acids is 2. The zero-order chi connectivity index (χ0) is 17.8. The highest BCUT2D eigenvalue weighted by molar-refractivity contribution is 5.92. The Morgan fingerprint density at radius 2 is 2.08 bits per heavy atom. The fraction of sp³-hybridized carbons (Fsp3) is 0.647. The molecule has 1 rings (SSSR count). The number of aromatic nitrogens is 2. The predicted octanol–water partition coefficient (Wildman–Crippen LogP) is 1.65. The maximum absolute atomic E-state index is 12.6. The molecule has 0 aliphatic heterocycles. The van der Waals surface area contributed by atoms with Gasteiger partial charge in [0, 0.05) is 51.2 Å². The second kappa shape index (κ2) is 11.5. The fourth-order valence-electron chi connectivity index (χ4n) is 2.07. The van der Waals surface area contributed by atoms with Crippen molar-refractivity contribution in [1.82, 2.24) is 20.2 Å². The molecule has 0 saturated heterocycles. The molecule has 24 heavy (non-hydrogen) atoms. The van der Waals surface area contributed by atoms with Crippen LogP contribution in [0, 0.1) is 0 Å². The normalized spacial score (nSPS) is 11.8. The van der Waals surface area contributed by atoms with Crippen molar-refractivity contribution in [3.05, 3.63) is 24.3 Å². The highest BCUT2D eigenvalue weighted by atomic mass is 16.5. The zero-order valence-corrected chi connectivity index (χ0v) is 14.8. The van der Waals surface area contributed by atoms with Crippen molar-refractivity contribution < 1.29 is 14.3 Å². The highest BCUT2D eigenvalue weighted by Gasteiger charge is 2.18. The molecule has 1 heterocycles. The third kappa shape index (κ3) is 7.50. The minimum atomic E-state index is -0.212. The summed E-state index contributed by atoms with van der Waals surface area (Å²) in [5.74, 6) is -0.262. The molecule has 0 radical (unpaired) electrons. The van der Waals surface area contributed by atoms with Crippen molar-refractivity contribution in [2.45, 2.75) is 46.1 Å². The van der Waals surface area contributed by atoms with Gasteiger partial charge in [0.05, 0.1) is 6.20 Å². The van der Waals surface area contributed by atoms with Crippen LogP contribution in [0.4, 0.5) is 0 Å². The maximum Gasteiger partial charge on any atom is 0.274 e. The minimum Gasteiger partial charge on any atom is -0.382 e. The molecular weight excluding hydrogens is 308 g/mol. The molecule has 7 heteroatoms. The summed E-state index contributed by atoms with van der Waals surface area (Å²) in [5, 5.41) is 2.91. The summed E-state index contributed by atoms with van der Waals surface area (Å²) in [6, 6.07) is 0.139. The van der Waals surface area contributed by atoms with E-state index in [2.05, 4.69) is 15.3 Å². The summed E-state index contributed by atoms with van der Waals surface area (Å²) in [4.78, 5) is 34.1. The van der Waals surface area contributed by atoms with E-state index in [1.165, 1.54) is 18.6 Å². The molecule has 1 atom stereocenters. The van der Waals surface area contributed by atoms with E-state index in [-0.39, 0.29) is 30.0 Å². The van der Waals surface area contributed by atoms with Crippen molar-refractivity contribution >= 4 is 11.8 Å². The number of hydrogen-bond donors (Lipinski definition) is 1. The monoisotopic (exact) mass is 336 g/mol.